The normalized spacial score (nSPS) is 30.4. The van der Waals surface area contributed by atoms with E-state index >= 15 is 0 Å². The minimum Gasteiger partial charge on any atom is -0.452 e. The molecule has 0 spiro atoms. The van der Waals surface area contributed by atoms with Gasteiger partial charge in [-0.2, -0.15) is 0 Å². The van der Waals surface area contributed by atoms with Crippen molar-refractivity contribution in [2.24, 2.45) is 0 Å². The van der Waals surface area contributed by atoms with E-state index in [-0.39, 0.29) is 11.4 Å². The smallest absolute Gasteiger partial charge is 0.307 e. The number of rotatable bonds is 0. The molecule has 0 radical (unpaired) electrons. The summed E-state index contributed by atoms with van der Waals surface area (Å²) in [6.07, 6.45) is 1.30. The first-order valence-corrected chi connectivity index (χ1v) is 2.68. The molecule has 3 heteroatoms. The number of ether oxygens (including phenoxy) is 1. The monoisotopic (exact) mass is 118 g/mol. The molecule has 0 N–H and O–H groups in total. The lowest BCUT2D eigenvalue weighted by molar-refractivity contribution is -0.138. The molecule has 1 rings (SSSR count). The average molecular weight is 118 g/mol. The standard InChI is InChI=1S/C4H6O2S/c5-3-1-2-4(7)6-3/h4,7H,1-2H2. The zero-order valence-electron chi connectivity index (χ0n) is 3.76. The molecule has 0 bridgehead atoms. The first-order chi connectivity index (χ1) is 3.29. The summed E-state index contributed by atoms with van der Waals surface area (Å²) in [4.78, 5) is 10.2. The highest BCUT2D eigenvalue weighted by molar-refractivity contribution is 7.80. The van der Waals surface area contributed by atoms with Gasteiger partial charge in [-0.15, -0.1) is 12.6 Å². The predicted octanol–water partition coefficient (Wildman–Crippen LogP) is 0.579. The molecular weight excluding hydrogens is 112 g/mol. The van der Waals surface area contributed by atoms with Crippen LogP contribution in [-0.4, -0.2) is 11.4 Å². The Morgan fingerprint density at radius 1 is 1.86 bits per heavy atom. The third-order valence-electron chi connectivity index (χ3n) is 0.863. The van der Waals surface area contributed by atoms with E-state index < -0.39 is 0 Å². The van der Waals surface area contributed by atoms with Crippen molar-refractivity contribution in [2.75, 3.05) is 0 Å². The highest BCUT2D eigenvalue weighted by atomic mass is 32.1. The maximum Gasteiger partial charge on any atom is 0.307 e. The zero-order valence-corrected chi connectivity index (χ0v) is 4.65. The predicted molar refractivity (Wildman–Crippen MR) is 28.1 cm³/mol. The molecule has 1 aliphatic rings. The van der Waals surface area contributed by atoms with Crippen molar-refractivity contribution in [2.45, 2.75) is 18.3 Å². The molecule has 0 aromatic heterocycles. The van der Waals surface area contributed by atoms with Gasteiger partial charge in [-0.3, -0.25) is 4.79 Å². The lowest BCUT2D eigenvalue weighted by Gasteiger charge is -1.94. The second-order valence-corrected chi connectivity index (χ2v) is 2.06. The molecule has 1 unspecified atom stereocenters. The Morgan fingerprint density at radius 2 is 2.57 bits per heavy atom. The fourth-order valence-corrected chi connectivity index (χ4v) is 0.758. The van der Waals surface area contributed by atoms with Gasteiger partial charge in [-0.1, -0.05) is 0 Å². The second kappa shape index (κ2) is 1.74. The minimum atomic E-state index is -0.132. The van der Waals surface area contributed by atoms with Crippen LogP contribution in [0.3, 0.4) is 0 Å². The molecule has 1 atom stereocenters. The van der Waals surface area contributed by atoms with Gasteiger partial charge < -0.3 is 4.74 Å². The molecule has 2 nitrogen and oxygen atoms in total. The Hall–Kier alpha value is -0.180. The van der Waals surface area contributed by atoms with E-state index in [0.29, 0.717) is 6.42 Å². The van der Waals surface area contributed by atoms with E-state index in [2.05, 4.69) is 17.4 Å². The first-order valence-electron chi connectivity index (χ1n) is 2.16. The fourth-order valence-electron chi connectivity index (χ4n) is 0.511. The van der Waals surface area contributed by atoms with Gasteiger partial charge in [0.15, 0.2) is 0 Å². The van der Waals surface area contributed by atoms with E-state index in [9.17, 15) is 4.79 Å². The Morgan fingerprint density at radius 3 is 2.71 bits per heavy atom. The van der Waals surface area contributed by atoms with Crippen LogP contribution in [0.25, 0.3) is 0 Å². The lowest BCUT2D eigenvalue weighted by atomic mass is 10.4. The van der Waals surface area contributed by atoms with Gasteiger partial charge in [0, 0.05) is 12.8 Å². The van der Waals surface area contributed by atoms with Crippen LogP contribution in [0, 0.1) is 0 Å². The maximum atomic E-state index is 10.2. The van der Waals surface area contributed by atoms with Gasteiger partial charge in [0.25, 0.3) is 0 Å². The molecule has 0 amide bonds. The van der Waals surface area contributed by atoms with Crippen molar-refractivity contribution in [3.8, 4) is 0 Å². The number of hydrogen-bond donors (Lipinski definition) is 1. The van der Waals surface area contributed by atoms with Crippen LogP contribution in [-0.2, 0) is 9.53 Å². The summed E-state index contributed by atoms with van der Waals surface area (Å²) in [5.41, 5.74) is -0.132. The second-order valence-electron chi connectivity index (χ2n) is 1.48. The number of carbonyl (C=O) groups is 1. The molecular formula is C4H6O2S. The summed E-state index contributed by atoms with van der Waals surface area (Å²) >= 11 is 3.91. The van der Waals surface area contributed by atoms with Gasteiger partial charge >= 0.3 is 5.97 Å². The quantitative estimate of drug-likeness (QED) is 0.372. The SMILES string of the molecule is O=C1CCC(S)O1. The van der Waals surface area contributed by atoms with Crippen LogP contribution < -0.4 is 0 Å². The highest BCUT2D eigenvalue weighted by Gasteiger charge is 2.18. The van der Waals surface area contributed by atoms with E-state index in [1.807, 2.05) is 0 Å². The van der Waals surface area contributed by atoms with Crippen molar-refractivity contribution in [3.63, 3.8) is 0 Å². The maximum absolute atomic E-state index is 10.2. The van der Waals surface area contributed by atoms with Crippen molar-refractivity contribution >= 4 is 18.6 Å². The highest BCUT2D eigenvalue weighted by Crippen LogP contribution is 2.15. The summed E-state index contributed by atoms with van der Waals surface area (Å²) in [5, 5.41) is 0. The number of carbonyl (C=O) groups excluding carboxylic acids is 1. The van der Waals surface area contributed by atoms with Crippen molar-refractivity contribution < 1.29 is 9.53 Å². The van der Waals surface area contributed by atoms with Crippen LogP contribution in [0.15, 0.2) is 0 Å². The average Bonchev–Trinajstić information content (AvgIpc) is 1.87. The summed E-state index contributed by atoms with van der Waals surface area (Å²) in [7, 11) is 0. The van der Waals surface area contributed by atoms with E-state index in [4.69, 9.17) is 0 Å². The van der Waals surface area contributed by atoms with Gasteiger partial charge in [-0.25, -0.2) is 0 Å². The Kier molecular flexibility index (Phi) is 1.23. The lowest BCUT2D eigenvalue weighted by Crippen LogP contribution is -1.95. The van der Waals surface area contributed by atoms with Gasteiger partial charge in [0.1, 0.15) is 5.44 Å². The third-order valence-corrected chi connectivity index (χ3v) is 1.23. The first kappa shape index (κ1) is 4.97. The summed E-state index contributed by atoms with van der Waals surface area (Å²) < 4.78 is 4.59. The Labute approximate surface area is 47.3 Å². The molecule has 0 saturated carbocycles. The molecule has 0 aromatic rings. The molecule has 7 heavy (non-hydrogen) atoms. The molecule has 40 valence electrons. The van der Waals surface area contributed by atoms with Crippen molar-refractivity contribution in [1.82, 2.24) is 0 Å². The molecule has 1 heterocycles. The van der Waals surface area contributed by atoms with Crippen LogP contribution in [0.4, 0.5) is 0 Å². The van der Waals surface area contributed by atoms with Crippen molar-refractivity contribution in [3.05, 3.63) is 0 Å². The number of cyclic esters (lactones) is 1. The van der Waals surface area contributed by atoms with Gasteiger partial charge in [0.2, 0.25) is 0 Å². The zero-order chi connectivity index (χ0) is 5.28. The molecule has 0 aliphatic carbocycles. The summed E-state index contributed by atoms with van der Waals surface area (Å²) in [6.45, 7) is 0. The largest absolute Gasteiger partial charge is 0.452 e. The fraction of sp³-hybridized carbons (Fsp3) is 0.750. The molecule has 1 aliphatic heterocycles. The molecule has 0 aromatic carbocycles. The van der Waals surface area contributed by atoms with Gasteiger partial charge in [0.05, 0.1) is 0 Å². The van der Waals surface area contributed by atoms with Crippen LogP contribution in [0.1, 0.15) is 12.8 Å². The van der Waals surface area contributed by atoms with Crippen LogP contribution in [0.2, 0.25) is 0 Å². The van der Waals surface area contributed by atoms with E-state index in [1.54, 1.807) is 0 Å². The van der Waals surface area contributed by atoms with Crippen molar-refractivity contribution in [1.29, 1.82) is 0 Å². The number of hydrogen-bond acceptors (Lipinski definition) is 3. The van der Waals surface area contributed by atoms with E-state index in [0.717, 1.165) is 6.42 Å². The van der Waals surface area contributed by atoms with Crippen LogP contribution >= 0.6 is 12.6 Å². The minimum absolute atomic E-state index is 0.125. The summed E-state index contributed by atoms with van der Waals surface area (Å²) in [6, 6.07) is 0. The van der Waals surface area contributed by atoms with Gasteiger partial charge in [-0.05, 0) is 0 Å². The van der Waals surface area contributed by atoms with E-state index in [1.165, 1.54) is 0 Å². The van der Waals surface area contributed by atoms with Crippen LogP contribution in [0.5, 0.6) is 0 Å². The molecule has 1 saturated heterocycles. The topological polar surface area (TPSA) is 26.3 Å². The number of esters is 1. The Bertz CT molecular complexity index is 91.7. The molecule has 1 fully saturated rings. The number of thiol groups is 1. The summed E-state index contributed by atoms with van der Waals surface area (Å²) in [5.74, 6) is -0.125. The third kappa shape index (κ3) is 1.09. The Balaban J connectivity index is 2.40.